The lowest BCUT2D eigenvalue weighted by molar-refractivity contribution is 0.481. The first-order valence-corrected chi connectivity index (χ1v) is 10.9. The fraction of sp³-hybridized carbons (Fsp3) is 0.200. The molecule has 0 saturated heterocycles. The van der Waals surface area contributed by atoms with Crippen molar-refractivity contribution < 1.29 is 9.13 Å². The predicted octanol–water partition coefficient (Wildman–Crippen LogP) is 7.95. The Hall–Kier alpha value is -2.03. The Kier molecular flexibility index (Phi) is 7.57. The maximum Gasteiger partial charge on any atom is 0.141 e. The smallest absolute Gasteiger partial charge is 0.141 e. The van der Waals surface area contributed by atoms with E-state index in [0.717, 1.165) is 36.3 Å². The van der Waals surface area contributed by atoms with Crippen molar-refractivity contribution in [3.8, 4) is 21.3 Å². The van der Waals surface area contributed by atoms with Crippen LogP contribution in [0, 0.1) is 15.7 Å². The summed E-state index contributed by atoms with van der Waals surface area (Å²) in [5, 5.41) is 0.134. The van der Waals surface area contributed by atoms with Crippen molar-refractivity contribution in [1.29, 1.82) is 0 Å². The number of para-hydroxylation sites is 1. The first kappa shape index (κ1) is 21.7. The van der Waals surface area contributed by atoms with Gasteiger partial charge >= 0.3 is 0 Å². The van der Waals surface area contributed by atoms with Crippen molar-refractivity contribution >= 4 is 34.2 Å². The van der Waals surface area contributed by atoms with E-state index in [0.29, 0.717) is 0 Å². The summed E-state index contributed by atoms with van der Waals surface area (Å²) in [7, 11) is 0. The minimum atomic E-state index is -0.407. The largest absolute Gasteiger partial charge is 0.457 e. The molecule has 0 amide bonds. The van der Waals surface area contributed by atoms with E-state index in [1.54, 1.807) is 12.1 Å². The normalized spacial score (nSPS) is 12.6. The third-order valence-corrected chi connectivity index (χ3v) is 5.46. The summed E-state index contributed by atoms with van der Waals surface area (Å²) in [6.07, 6.45) is 2.68. The second kappa shape index (κ2) is 10.1. The predicted molar refractivity (Wildman–Crippen MR) is 126 cm³/mol. The molecule has 0 fully saturated rings. The molecular weight excluding hydrogens is 498 g/mol. The van der Waals surface area contributed by atoms with Crippen LogP contribution in [0.25, 0.3) is 0 Å². The highest BCUT2D eigenvalue weighted by Crippen LogP contribution is 2.32. The molecule has 3 rings (SSSR count). The van der Waals surface area contributed by atoms with Crippen LogP contribution in [0.3, 0.4) is 0 Å². The van der Waals surface area contributed by atoms with E-state index < -0.39 is 5.82 Å². The van der Waals surface area contributed by atoms with Crippen molar-refractivity contribution in [2.75, 3.05) is 0 Å². The van der Waals surface area contributed by atoms with Gasteiger partial charge in [-0.15, -0.1) is 0 Å². The molecule has 1 unspecified atom stereocenters. The molecule has 0 spiro atoms. The average molecular weight is 519 g/mol. The highest BCUT2D eigenvalue weighted by atomic mass is 127. The molecule has 0 aromatic heterocycles. The molecule has 0 aliphatic heterocycles. The Bertz CT molecular complexity index is 1030. The van der Waals surface area contributed by atoms with Crippen LogP contribution in [0.1, 0.15) is 30.9 Å². The average Bonchev–Trinajstić information content (AvgIpc) is 2.71. The zero-order chi connectivity index (χ0) is 20.7. The van der Waals surface area contributed by atoms with E-state index in [1.165, 1.54) is 11.6 Å². The number of rotatable bonds is 7. The van der Waals surface area contributed by atoms with Gasteiger partial charge in [0, 0.05) is 22.6 Å². The standard InChI is InChI=1S/C25H21ClFIO/c1-25(15-16-28,20-12-13-24(27)23(26)18-20)14-6-8-19-7-5-11-22(17-19)29-21-9-3-2-4-10-21/h2-5,7,9-13,17-18H,6,8,14H2,1H3. The van der Waals surface area contributed by atoms with Gasteiger partial charge in [-0.05, 0) is 77.6 Å². The van der Waals surface area contributed by atoms with Gasteiger partial charge < -0.3 is 4.74 Å². The quantitative estimate of drug-likeness (QED) is 0.228. The third kappa shape index (κ3) is 5.98. The first-order chi connectivity index (χ1) is 14.0. The number of hydrogen-bond acceptors (Lipinski definition) is 1. The van der Waals surface area contributed by atoms with Crippen LogP contribution in [0.2, 0.25) is 5.02 Å². The fourth-order valence-corrected chi connectivity index (χ4v) is 4.03. The molecule has 148 valence electrons. The zero-order valence-electron chi connectivity index (χ0n) is 16.1. The molecule has 4 heteroatoms. The SMILES string of the molecule is CC(C#CI)(CCCc1cccc(Oc2ccccc2)c1)c1ccc(F)c(Cl)c1. The zero-order valence-corrected chi connectivity index (χ0v) is 19.0. The minimum Gasteiger partial charge on any atom is -0.457 e. The second-order valence-electron chi connectivity index (χ2n) is 7.10. The fourth-order valence-electron chi connectivity index (χ4n) is 3.26. The molecule has 29 heavy (non-hydrogen) atoms. The van der Waals surface area contributed by atoms with Gasteiger partial charge in [-0.1, -0.05) is 53.9 Å². The van der Waals surface area contributed by atoms with Gasteiger partial charge in [-0.2, -0.15) is 0 Å². The van der Waals surface area contributed by atoms with Crippen LogP contribution in [-0.2, 0) is 11.8 Å². The van der Waals surface area contributed by atoms with Gasteiger partial charge in [0.05, 0.1) is 10.4 Å². The maximum atomic E-state index is 13.6. The summed E-state index contributed by atoms with van der Waals surface area (Å²) < 4.78 is 22.5. The van der Waals surface area contributed by atoms with Gasteiger partial charge in [0.1, 0.15) is 17.3 Å². The second-order valence-corrected chi connectivity index (χ2v) is 8.04. The molecule has 0 aliphatic carbocycles. The summed E-state index contributed by atoms with van der Waals surface area (Å²) >= 11 is 8.04. The van der Waals surface area contributed by atoms with Gasteiger partial charge in [0.15, 0.2) is 0 Å². The molecule has 0 radical (unpaired) electrons. The van der Waals surface area contributed by atoms with Crippen LogP contribution in [0.15, 0.2) is 72.8 Å². The van der Waals surface area contributed by atoms with Crippen LogP contribution in [-0.4, -0.2) is 0 Å². The van der Waals surface area contributed by atoms with Crippen molar-refractivity contribution in [1.82, 2.24) is 0 Å². The highest BCUT2D eigenvalue weighted by molar-refractivity contribution is 14.1. The van der Waals surface area contributed by atoms with Gasteiger partial charge in [-0.3, -0.25) is 0 Å². The summed E-state index contributed by atoms with van der Waals surface area (Å²) in [5.41, 5.74) is 1.77. The number of benzene rings is 3. The van der Waals surface area contributed by atoms with E-state index >= 15 is 0 Å². The maximum absolute atomic E-state index is 13.6. The van der Waals surface area contributed by atoms with E-state index in [9.17, 15) is 4.39 Å². The number of halogens is 3. The molecule has 0 N–H and O–H groups in total. The number of hydrogen-bond donors (Lipinski definition) is 0. The van der Waals surface area contributed by atoms with Crippen LogP contribution in [0.4, 0.5) is 4.39 Å². The molecule has 1 nitrogen and oxygen atoms in total. The van der Waals surface area contributed by atoms with Gasteiger partial charge in [0.2, 0.25) is 0 Å². The van der Waals surface area contributed by atoms with Crippen LogP contribution >= 0.6 is 34.2 Å². The summed E-state index contributed by atoms with van der Waals surface area (Å²) in [4.78, 5) is 0. The van der Waals surface area contributed by atoms with E-state index in [1.807, 2.05) is 65.1 Å². The molecule has 3 aromatic rings. The molecule has 0 heterocycles. The van der Waals surface area contributed by atoms with Crippen molar-refractivity contribution in [2.45, 2.75) is 31.6 Å². The molecule has 1 atom stereocenters. The van der Waals surface area contributed by atoms with Crippen molar-refractivity contribution in [3.63, 3.8) is 0 Å². The topological polar surface area (TPSA) is 9.23 Å². The summed E-state index contributed by atoms with van der Waals surface area (Å²) in [6.45, 7) is 2.08. The molecule has 0 aliphatic rings. The van der Waals surface area contributed by atoms with E-state index in [-0.39, 0.29) is 10.4 Å². The minimum absolute atomic E-state index is 0.134. The Labute approximate surface area is 190 Å². The molecule has 3 aromatic carbocycles. The Morgan fingerprint density at radius 2 is 1.76 bits per heavy atom. The first-order valence-electron chi connectivity index (χ1n) is 9.40. The van der Waals surface area contributed by atoms with E-state index in [2.05, 4.69) is 28.9 Å². The van der Waals surface area contributed by atoms with Crippen molar-refractivity contribution in [3.05, 3.63) is 94.8 Å². The highest BCUT2D eigenvalue weighted by Gasteiger charge is 2.25. The lowest BCUT2D eigenvalue weighted by Gasteiger charge is -2.24. The monoisotopic (exact) mass is 518 g/mol. The third-order valence-electron chi connectivity index (χ3n) is 4.90. The van der Waals surface area contributed by atoms with Crippen molar-refractivity contribution in [2.24, 2.45) is 0 Å². The summed E-state index contributed by atoms with van der Waals surface area (Å²) in [6, 6.07) is 22.8. The summed E-state index contributed by atoms with van der Waals surface area (Å²) in [5.74, 6) is 4.53. The van der Waals surface area contributed by atoms with Gasteiger partial charge in [-0.25, -0.2) is 4.39 Å². The Morgan fingerprint density at radius 3 is 2.48 bits per heavy atom. The molecular formula is C25H21ClFIO. The lowest BCUT2D eigenvalue weighted by atomic mass is 9.78. The number of ether oxygens (including phenoxy) is 1. The Morgan fingerprint density at radius 1 is 1.00 bits per heavy atom. The lowest BCUT2D eigenvalue weighted by Crippen LogP contribution is -2.20. The molecule has 0 saturated carbocycles. The Balaban J connectivity index is 1.67. The van der Waals surface area contributed by atoms with E-state index in [4.69, 9.17) is 16.3 Å². The molecule has 0 bridgehead atoms. The number of aryl methyl sites for hydroxylation is 1. The van der Waals surface area contributed by atoms with Gasteiger partial charge in [0.25, 0.3) is 0 Å². The van der Waals surface area contributed by atoms with Crippen LogP contribution < -0.4 is 4.74 Å². The van der Waals surface area contributed by atoms with Crippen LogP contribution in [0.5, 0.6) is 11.5 Å².